The van der Waals surface area contributed by atoms with Crippen LogP contribution < -0.4 is 35.7 Å². The summed E-state index contributed by atoms with van der Waals surface area (Å²) >= 11 is 0. The third kappa shape index (κ3) is 4.41. The summed E-state index contributed by atoms with van der Waals surface area (Å²) in [6.07, 6.45) is 0. The predicted octanol–water partition coefficient (Wildman–Crippen LogP) is 11.6. The molecule has 9 aromatic carbocycles. The van der Waals surface area contributed by atoms with Gasteiger partial charge in [0.1, 0.15) is 23.0 Å². The third-order valence-corrected chi connectivity index (χ3v) is 11.5. The molecule has 0 unspecified atom stereocenters. The van der Waals surface area contributed by atoms with Crippen molar-refractivity contribution in [2.24, 2.45) is 0 Å². The lowest BCUT2D eigenvalue weighted by Crippen LogP contribution is -2.57. The lowest BCUT2D eigenvalue weighted by atomic mass is 9.34. The molecule has 9 aromatic rings. The Morgan fingerprint density at radius 3 is 1.96 bits per heavy atom. The van der Waals surface area contributed by atoms with Crippen molar-refractivity contribution in [1.82, 2.24) is 0 Å². The molecular formula is C50H31BN2O2. The first-order valence-corrected chi connectivity index (χ1v) is 18.8. The smallest absolute Gasteiger partial charge is 0.260 e. The Morgan fingerprint density at radius 2 is 1.09 bits per heavy atom. The molecular weight excluding hydrogens is 671 g/mol. The standard InChI is InChI=1S/C50H31BN2O2/c1-3-16-33(17-4-1)52(41-23-11-15-32-14-7-8-20-35(32)41)42-29-28-36-38-30-48-40(51-39-22-9-10-25-45(39)54-46-26-13-27-47(55-48)50(46)51)31-44(38)53(34-18-5-2-6-19-34)43-24-12-21-37(42)49(36)43/h1-31H. The van der Waals surface area contributed by atoms with Crippen LogP contribution in [0.3, 0.4) is 0 Å². The van der Waals surface area contributed by atoms with Crippen molar-refractivity contribution in [3.05, 3.63) is 188 Å². The minimum Gasteiger partial charge on any atom is -0.458 e. The van der Waals surface area contributed by atoms with E-state index in [1.807, 2.05) is 12.1 Å². The summed E-state index contributed by atoms with van der Waals surface area (Å²) in [7, 11) is 0. The molecule has 3 aliphatic rings. The maximum absolute atomic E-state index is 6.84. The Kier molecular flexibility index (Phi) is 6.40. The number of hydrogen-bond donors (Lipinski definition) is 0. The van der Waals surface area contributed by atoms with Gasteiger partial charge >= 0.3 is 0 Å². The van der Waals surface area contributed by atoms with Crippen LogP contribution in [0.25, 0.3) is 32.7 Å². The molecule has 256 valence electrons. The second kappa shape index (κ2) is 11.6. The van der Waals surface area contributed by atoms with Gasteiger partial charge in [-0.1, -0.05) is 115 Å². The SMILES string of the molecule is c1ccc(N(c2cccc3ccccc23)c2ccc3c4c(cccc24)N(c2ccccc2)c2cc4c(cc2-3)Oc2cccc3c2B4c2ccccc2O3)cc1. The molecule has 0 amide bonds. The van der Waals surface area contributed by atoms with Crippen LogP contribution in [0.5, 0.6) is 23.0 Å². The number of para-hydroxylation sites is 3. The molecule has 0 radical (unpaired) electrons. The van der Waals surface area contributed by atoms with Crippen LogP contribution in [-0.4, -0.2) is 6.71 Å². The number of anilines is 6. The molecule has 4 nitrogen and oxygen atoms in total. The van der Waals surface area contributed by atoms with Crippen molar-refractivity contribution >= 4 is 78.8 Å². The lowest BCUT2D eigenvalue weighted by molar-refractivity contribution is 0.464. The molecule has 0 aromatic heterocycles. The van der Waals surface area contributed by atoms with Gasteiger partial charge in [0.05, 0.1) is 22.7 Å². The minimum absolute atomic E-state index is 0.0254. The van der Waals surface area contributed by atoms with Crippen molar-refractivity contribution in [1.29, 1.82) is 0 Å². The highest BCUT2D eigenvalue weighted by Gasteiger charge is 2.41. The highest BCUT2D eigenvalue weighted by atomic mass is 16.5. The van der Waals surface area contributed by atoms with E-state index in [-0.39, 0.29) is 6.71 Å². The summed E-state index contributed by atoms with van der Waals surface area (Å²) in [5.74, 6) is 3.45. The fourth-order valence-corrected chi connectivity index (χ4v) is 9.16. The molecule has 3 aliphatic heterocycles. The van der Waals surface area contributed by atoms with Gasteiger partial charge in [0, 0.05) is 38.6 Å². The van der Waals surface area contributed by atoms with Crippen LogP contribution in [0.4, 0.5) is 34.1 Å². The Hall–Kier alpha value is -7.24. The average molecular weight is 703 g/mol. The average Bonchev–Trinajstić information content (AvgIpc) is 3.24. The Balaban J connectivity index is 1.14. The maximum Gasteiger partial charge on any atom is 0.260 e. The summed E-state index contributed by atoms with van der Waals surface area (Å²) < 4.78 is 13.3. The molecule has 0 saturated carbocycles. The summed E-state index contributed by atoms with van der Waals surface area (Å²) in [6.45, 7) is -0.0254. The van der Waals surface area contributed by atoms with E-state index in [0.717, 1.165) is 79.1 Å². The number of benzene rings is 9. The molecule has 0 N–H and O–H groups in total. The van der Waals surface area contributed by atoms with Gasteiger partial charge in [-0.2, -0.15) is 0 Å². The normalized spacial score (nSPS) is 12.9. The Labute approximate surface area is 319 Å². The molecule has 0 fully saturated rings. The largest absolute Gasteiger partial charge is 0.458 e. The highest BCUT2D eigenvalue weighted by molar-refractivity contribution is 6.98. The molecule has 0 saturated heterocycles. The van der Waals surface area contributed by atoms with Gasteiger partial charge in [0.2, 0.25) is 0 Å². The molecule has 0 spiro atoms. The minimum atomic E-state index is -0.0254. The fraction of sp³-hybridized carbons (Fsp3) is 0. The van der Waals surface area contributed by atoms with Crippen LogP contribution >= 0.6 is 0 Å². The molecule has 12 rings (SSSR count). The first-order chi connectivity index (χ1) is 27.3. The lowest BCUT2D eigenvalue weighted by Gasteiger charge is -2.38. The summed E-state index contributed by atoms with van der Waals surface area (Å²) in [6, 6.07) is 67.2. The molecule has 3 heterocycles. The zero-order valence-corrected chi connectivity index (χ0v) is 29.7. The molecule has 55 heavy (non-hydrogen) atoms. The van der Waals surface area contributed by atoms with Crippen molar-refractivity contribution in [3.8, 4) is 34.1 Å². The summed E-state index contributed by atoms with van der Waals surface area (Å²) in [5, 5.41) is 4.78. The van der Waals surface area contributed by atoms with Crippen molar-refractivity contribution in [2.75, 3.05) is 9.80 Å². The first-order valence-electron chi connectivity index (χ1n) is 18.8. The van der Waals surface area contributed by atoms with Crippen molar-refractivity contribution in [2.45, 2.75) is 0 Å². The van der Waals surface area contributed by atoms with E-state index in [1.165, 1.54) is 27.1 Å². The number of rotatable bonds is 4. The van der Waals surface area contributed by atoms with Gasteiger partial charge in [-0.05, 0) is 94.7 Å². The number of fused-ring (bicyclic) bond motifs is 7. The van der Waals surface area contributed by atoms with E-state index >= 15 is 0 Å². The highest BCUT2D eigenvalue weighted by Crippen LogP contribution is 2.55. The quantitative estimate of drug-likeness (QED) is 0.171. The zero-order valence-electron chi connectivity index (χ0n) is 29.7. The Bertz CT molecular complexity index is 3010. The van der Waals surface area contributed by atoms with E-state index in [9.17, 15) is 0 Å². The van der Waals surface area contributed by atoms with E-state index in [2.05, 4.69) is 186 Å². The number of nitrogens with zero attached hydrogens (tertiary/aromatic N) is 2. The zero-order chi connectivity index (χ0) is 36.0. The van der Waals surface area contributed by atoms with Crippen LogP contribution in [0.2, 0.25) is 0 Å². The van der Waals surface area contributed by atoms with Crippen molar-refractivity contribution < 1.29 is 9.47 Å². The van der Waals surface area contributed by atoms with Gasteiger partial charge < -0.3 is 19.3 Å². The van der Waals surface area contributed by atoms with Crippen molar-refractivity contribution in [3.63, 3.8) is 0 Å². The topological polar surface area (TPSA) is 24.9 Å². The second-order valence-electron chi connectivity index (χ2n) is 14.4. The second-order valence-corrected chi connectivity index (χ2v) is 14.4. The van der Waals surface area contributed by atoms with E-state index in [1.54, 1.807) is 0 Å². The van der Waals surface area contributed by atoms with E-state index < -0.39 is 0 Å². The fourth-order valence-electron chi connectivity index (χ4n) is 9.16. The number of hydrogen-bond acceptors (Lipinski definition) is 4. The number of ether oxygens (including phenoxy) is 2. The summed E-state index contributed by atoms with van der Waals surface area (Å²) in [5.41, 5.74) is 12.4. The van der Waals surface area contributed by atoms with Crippen LogP contribution in [0.1, 0.15) is 0 Å². The molecule has 0 atom stereocenters. The van der Waals surface area contributed by atoms with Gasteiger partial charge in [-0.15, -0.1) is 0 Å². The van der Waals surface area contributed by atoms with Crippen LogP contribution in [-0.2, 0) is 0 Å². The first kappa shape index (κ1) is 30.2. The molecule has 0 bridgehead atoms. The van der Waals surface area contributed by atoms with Gasteiger partial charge in [-0.3, -0.25) is 0 Å². The maximum atomic E-state index is 6.84. The third-order valence-electron chi connectivity index (χ3n) is 11.5. The van der Waals surface area contributed by atoms with E-state index in [0.29, 0.717) is 0 Å². The van der Waals surface area contributed by atoms with Crippen LogP contribution in [0, 0.1) is 0 Å². The van der Waals surface area contributed by atoms with Crippen LogP contribution in [0.15, 0.2) is 188 Å². The molecule has 5 heteroatoms. The Morgan fingerprint density at radius 1 is 0.436 bits per heavy atom. The monoisotopic (exact) mass is 702 g/mol. The molecule has 0 aliphatic carbocycles. The summed E-state index contributed by atoms with van der Waals surface area (Å²) in [4.78, 5) is 4.85. The van der Waals surface area contributed by atoms with Gasteiger partial charge in [-0.25, -0.2) is 0 Å². The van der Waals surface area contributed by atoms with Gasteiger partial charge in [0.15, 0.2) is 0 Å². The van der Waals surface area contributed by atoms with E-state index in [4.69, 9.17) is 9.47 Å². The van der Waals surface area contributed by atoms with Gasteiger partial charge in [0.25, 0.3) is 6.71 Å². The predicted molar refractivity (Wildman–Crippen MR) is 228 cm³/mol.